The fraction of sp³-hybridized carbons (Fsp3) is 0.588. The highest BCUT2D eigenvalue weighted by atomic mass is 19.1. The summed E-state index contributed by atoms with van der Waals surface area (Å²) in [6.07, 6.45) is 4.82. The fourth-order valence-corrected chi connectivity index (χ4v) is 2.65. The molecule has 1 aromatic carbocycles. The highest BCUT2D eigenvalue weighted by Crippen LogP contribution is 2.32. The number of nitrogens with zero attached hydrogens (tertiary/aromatic N) is 1. The van der Waals surface area contributed by atoms with Crippen molar-refractivity contribution in [3.63, 3.8) is 0 Å². The molecule has 0 radical (unpaired) electrons. The van der Waals surface area contributed by atoms with Gasteiger partial charge in [-0.05, 0) is 42.9 Å². The van der Waals surface area contributed by atoms with Gasteiger partial charge in [-0.15, -0.1) is 0 Å². The third-order valence-electron chi connectivity index (χ3n) is 4.40. The molecule has 2 saturated carbocycles. The first-order valence-electron chi connectivity index (χ1n) is 8.11. The predicted octanol–water partition coefficient (Wildman–Crippen LogP) is 2.83. The molecule has 1 atom stereocenters. The number of hydrogen-bond acceptors (Lipinski definition) is 2. The Kier molecular flexibility index (Phi) is 4.62. The SMILES string of the molecule is O=C(NCCC1CC1)N(CC(O)c1ccc(F)cc1)C1CC1. The van der Waals surface area contributed by atoms with Gasteiger partial charge in [-0.2, -0.15) is 0 Å². The number of halogens is 1. The van der Waals surface area contributed by atoms with Gasteiger partial charge in [-0.1, -0.05) is 25.0 Å². The molecule has 4 nitrogen and oxygen atoms in total. The lowest BCUT2D eigenvalue weighted by atomic mass is 10.1. The monoisotopic (exact) mass is 306 g/mol. The molecular formula is C17H23FN2O2. The van der Waals surface area contributed by atoms with Gasteiger partial charge in [0.1, 0.15) is 5.82 Å². The number of aliphatic hydroxyl groups excluding tert-OH is 1. The fourth-order valence-electron chi connectivity index (χ4n) is 2.65. The van der Waals surface area contributed by atoms with Crippen LogP contribution in [0.2, 0.25) is 0 Å². The zero-order chi connectivity index (χ0) is 15.5. The van der Waals surface area contributed by atoms with E-state index in [4.69, 9.17) is 0 Å². The Morgan fingerprint density at radius 3 is 2.55 bits per heavy atom. The van der Waals surface area contributed by atoms with Crippen molar-refractivity contribution in [2.75, 3.05) is 13.1 Å². The number of carbonyl (C=O) groups excluding carboxylic acids is 1. The summed E-state index contributed by atoms with van der Waals surface area (Å²) in [5.74, 6) is 0.465. The number of benzene rings is 1. The Morgan fingerprint density at radius 2 is 1.95 bits per heavy atom. The van der Waals surface area contributed by atoms with Crippen LogP contribution in [-0.2, 0) is 0 Å². The zero-order valence-electron chi connectivity index (χ0n) is 12.7. The van der Waals surface area contributed by atoms with Crippen LogP contribution in [-0.4, -0.2) is 35.2 Å². The number of carbonyl (C=O) groups is 1. The molecule has 2 amide bonds. The summed E-state index contributed by atoms with van der Waals surface area (Å²) in [5, 5.41) is 13.2. The van der Waals surface area contributed by atoms with Gasteiger partial charge >= 0.3 is 6.03 Å². The summed E-state index contributed by atoms with van der Waals surface area (Å²) in [4.78, 5) is 14.0. The highest BCUT2D eigenvalue weighted by molar-refractivity contribution is 5.75. The van der Waals surface area contributed by atoms with E-state index in [-0.39, 0.29) is 24.4 Å². The van der Waals surface area contributed by atoms with Crippen LogP contribution in [0.15, 0.2) is 24.3 Å². The van der Waals surface area contributed by atoms with Crippen LogP contribution in [0.1, 0.15) is 43.8 Å². The second kappa shape index (κ2) is 6.65. The number of amides is 2. The number of nitrogens with one attached hydrogen (secondary N) is 1. The maximum Gasteiger partial charge on any atom is 0.317 e. The van der Waals surface area contributed by atoms with Crippen LogP contribution in [0.3, 0.4) is 0 Å². The first-order valence-corrected chi connectivity index (χ1v) is 8.11. The van der Waals surface area contributed by atoms with E-state index in [1.54, 1.807) is 17.0 Å². The second-order valence-corrected chi connectivity index (χ2v) is 6.41. The van der Waals surface area contributed by atoms with Crippen molar-refractivity contribution in [3.8, 4) is 0 Å². The van der Waals surface area contributed by atoms with E-state index in [9.17, 15) is 14.3 Å². The van der Waals surface area contributed by atoms with Crippen molar-refractivity contribution in [3.05, 3.63) is 35.6 Å². The third-order valence-corrected chi connectivity index (χ3v) is 4.40. The van der Waals surface area contributed by atoms with Crippen molar-refractivity contribution >= 4 is 6.03 Å². The molecule has 5 heteroatoms. The molecule has 0 bridgehead atoms. The lowest BCUT2D eigenvalue weighted by molar-refractivity contribution is 0.118. The van der Waals surface area contributed by atoms with Crippen molar-refractivity contribution < 1.29 is 14.3 Å². The third kappa shape index (κ3) is 4.19. The molecule has 0 heterocycles. The minimum Gasteiger partial charge on any atom is -0.387 e. The molecule has 1 aromatic rings. The van der Waals surface area contributed by atoms with E-state index in [1.165, 1.54) is 25.0 Å². The first-order chi connectivity index (χ1) is 10.6. The first kappa shape index (κ1) is 15.3. The molecule has 0 aromatic heterocycles. The topological polar surface area (TPSA) is 52.6 Å². The van der Waals surface area contributed by atoms with Gasteiger partial charge in [-0.3, -0.25) is 0 Å². The van der Waals surface area contributed by atoms with Gasteiger partial charge in [0.15, 0.2) is 0 Å². The second-order valence-electron chi connectivity index (χ2n) is 6.41. The number of aliphatic hydroxyl groups is 1. The molecule has 2 aliphatic carbocycles. The van der Waals surface area contributed by atoms with Gasteiger partial charge < -0.3 is 15.3 Å². The van der Waals surface area contributed by atoms with E-state index in [1.807, 2.05) is 0 Å². The maximum atomic E-state index is 12.9. The predicted molar refractivity (Wildman–Crippen MR) is 81.8 cm³/mol. The van der Waals surface area contributed by atoms with Crippen LogP contribution in [0, 0.1) is 11.7 Å². The molecule has 0 aliphatic heterocycles. The molecule has 2 aliphatic rings. The molecule has 0 spiro atoms. The summed E-state index contributed by atoms with van der Waals surface area (Å²) >= 11 is 0. The Morgan fingerprint density at radius 1 is 1.27 bits per heavy atom. The molecule has 2 N–H and O–H groups in total. The summed E-state index contributed by atoms with van der Waals surface area (Å²) < 4.78 is 12.9. The lowest BCUT2D eigenvalue weighted by Crippen LogP contribution is -2.43. The van der Waals surface area contributed by atoms with E-state index in [0.717, 1.165) is 25.2 Å². The van der Waals surface area contributed by atoms with Gasteiger partial charge in [0, 0.05) is 12.6 Å². The quantitative estimate of drug-likeness (QED) is 0.814. The molecule has 120 valence electrons. The van der Waals surface area contributed by atoms with E-state index in [0.29, 0.717) is 12.1 Å². The number of rotatable bonds is 7. The Bertz CT molecular complexity index is 512. The Balaban J connectivity index is 1.53. The minimum absolute atomic E-state index is 0.0932. The zero-order valence-corrected chi connectivity index (χ0v) is 12.7. The van der Waals surface area contributed by atoms with Gasteiger partial charge in [0.2, 0.25) is 0 Å². The number of hydrogen-bond donors (Lipinski definition) is 2. The Labute approximate surface area is 130 Å². The van der Waals surface area contributed by atoms with Gasteiger partial charge in [-0.25, -0.2) is 9.18 Å². The van der Waals surface area contributed by atoms with E-state index >= 15 is 0 Å². The number of urea groups is 1. The summed E-state index contributed by atoms with van der Waals surface area (Å²) in [6.45, 7) is 0.963. The lowest BCUT2D eigenvalue weighted by Gasteiger charge is -2.25. The van der Waals surface area contributed by atoms with E-state index < -0.39 is 6.10 Å². The van der Waals surface area contributed by atoms with Crippen LogP contribution < -0.4 is 5.32 Å². The van der Waals surface area contributed by atoms with Crippen LogP contribution in [0.25, 0.3) is 0 Å². The molecule has 0 saturated heterocycles. The standard InChI is InChI=1S/C17H23FN2O2/c18-14-5-3-13(4-6-14)16(21)11-20(15-7-8-15)17(22)19-10-9-12-1-2-12/h3-6,12,15-16,21H,1-2,7-11H2,(H,19,22). The minimum atomic E-state index is -0.782. The van der Waals surface area contributed by atoms with Crippen molar-refractivity contribution in [2.45, 2.75) is 44.2 Å². The van der Waals surface area contributed by atoms with Crippen LogP contribution >= 0.6 is 0 Å². The maximum absolute atomic E-state index is 12.9. The van der Waals surface area contributed by atoms with Crippen molar-refractivity contribution in [2.24, 2.45) is 5.92 Å². The highest BCUT2D eigenvalue weighted by Gasteiger charge is 2.34. The molecular weight excluding hydrogens is 283 g/mol. The summed E-state index contributed by atoms with van der Waals surface area (Å²) in [6, 6.07) is 5.93. The smallest absolute Gasteiger partial charge is 0.317 e. The Hall–Kier alpha value is -1.62. The molecule has 1 unspecified atom stereocenters. The van der Waals surface area contributed by atoms with Crippen LogP contribution in [0.5, 0.6) is 0 Å². The molecule has 2 fully saturated rings. The van der Waals surface area contributed by atoms with Crippen molar-refractivity contribution in [1.82, 2.24) is 10.2 Å². The molecule has 3 rings (SSSR count). The van der Waals surface area contributed by atoms with Crippen LogP contribution in [0.4, 0.5) is 9.18 Å². The molecule has 22 heavy (non-hydrogen) atoms. The average Bonchev–Trinajstić information content (AvgIpc) is 3.37. The van der Waals surface area contributed by atoms with Gasteiger partial charge in [0.05, 0.1) is 12.6 Å². The largest absolute Gasteiger partial charge is 0.387 e. The normalized spacial score (nSPS) is 18.8. The summed E-state index contributed by atoms with van der Waals surface area (Å²) in [5.41, 5.74) is 0.637. The van der Waals surface area contributed by atoms with Crippen molar-refractivity contribution in [1.29, 1.82) is 0 Å². The average molecular weight is 306 g/mol. The van der Waals surface area contributed by atoms with E-state index in [2.05, 4.69) is 5.32 Å². The summed E-state index contributed by atoms with van der Waals surface area (Å²) in [7, 11) is 0. The van der Waals surface area contributed by atoms with Gasteiger partial charge in [0.25, 0.3) is 0 Å².